The highest BCUT2D eigenvalue weighted by Gasteiger charge is 2.64. The third kappa shape index (κ3) is 4.90. The van der Waals surface area contributed by atoms with Crippen LogP contribution in [-0.4, -0.2) is 66.5 Å². The van der Waals surface area contributed by atoms with E-state index in [1.165, 1.54) is 18.3 Å². The molecule has 0 spiro atoms. The summed E-state index contributed by atoms with van der Waals surface area (Å²) in [6.07, 6.45) is -1.27. The van der Waals surface area contributed by atoms with Gasteiger partial charge >= 0.3 is 0 Å². The lowest BCUT2D eigenvalue weighted by molar-refractivity contribution is -0.282. The number of ether oxygens (including phenoxy) is 3. The molecule has 1 aromatic carbocycles. The number of fused-ring (bicyclic) bond motifs is 2. The highest BCUT2D eigenvalue weighted by atomic mass is 35.5. The highest BCUT2D eigenvalue weighted by Crippen LogP contribution is 2.50. The van der Waals surface area contributed by atoms with Crippen LogP contribution in [0.5, 0.6) is 0 Å². The number of rotatable bonds is 6. The maximum absolute atomic E-state index is 13.7. The van der Waals surface area contributed by atoms with Gasteiger partial charge in [0.05, 0.1) is 17.1 Å². The normalized spacial score (nSPS) is 26.9. The van der Waals surface area contributed by atoms with Crippen molar-refractivity contribution in [3.8, 4) is 0 Å². The first-order valence-electron chi connectivity index (χ1n) is 12.8. The van der Waals surface area contributed by atoms with Crippen LogP contribution in [0.15, 0.2) is 41.4 Å². The molecule has 0 amide bonds. The first kappa shape index (κ1) is 29.9. The van der Waals surface area contributed by atoms with Gasteiger partial charge in [0, 0.05) is 6.20 Å². The lowest BCUT2D eigenvalue weighted by Crippen LogP contribution is -2.44. The molecule has 0 bridgehead atoms. The molecule has 0 radical (unpaired) electrons. The van der Waals surface area contributed by atoms with Crippen molar-refractivity contribution in [2.75, 3.05) is 6.61 Å². The SMILES string of the molecule is CC1(C)O[C@H]2[C@@H](O1)C(O)(c1cn(S(=O)(=O)c3ccccc3)c3c(Cl)nc(Cl)nc13)O[C@@H]2CO[Si](C)(C)C(C)(C)C. The second-order valence-electron chi connectivity index (χ2n) is 12.1. The van der Waals surface area contributed by atoms with Gasteiger partial charge in [0.15, 0.2) is 19.3 Å². The van der Waals surface area contributed by atoms with Crippen LogP contribution in [0.2, 0.25) is 28.6 Å². The fourth-order valence-electron chi connectivity index (χ4n) is 4.77. The minimum absolute atomic E-state index is 0.000618. The van der Waals surface area contributed by atoms with Gasteiger partial charge in [-0.05, 0) is 55.7 Å². The van der Waals surface area contributed by atoms with E-state index >= 15 is 0 Å². The predicted molar refractivity (Wildman–Crippen MR) is 152 cm³/mol. The maximum Gasteiger partial charge on any atom is 0.268 e. The topological polar surface area (TPSA) is 122 Å². The van der Waals surface area contributed by atoms with Crippen molar-refractivity contribution in [1.29, 1.82) is 0 Å². The zero-order chi connectivity index (χ0) is 29.5. The van der Waals surface area contributed by atoms with Gasteiger partial charge in [0.25, 0.3) is 10.0 Å². The molecule has 0 saturated carbocycles. The van der Waals surface area contributed by atoms with E-state index in [1.54, 1.807) is 32.0 Å². The Morgan fingerprint density at radius 3 is 2.38 bits per heavy atom. The average Bonchev–Trinajstić information content (AvgIpc) is 3.47. The van der Waals surface area contributed by atoms with Crippen molar-refractivity contribution in [1.82, 2.24) is 13.9 Å². The lowest BCUT2D eigenvalue weighted by atomic mass is 9.99. The predicted octanol–water partition coefficient (Wildman–Crippen LogP) is 5.06. The molecule has 1 N–H and O–H groups in total. The molecule has 4 atom stereocenters. The Bertz CT molecular complexity index is 1560. The van der Waals surface area contributed by atoms with Gasteiger partial charge in [-0.15, -0.1) is 0 Å². The van der Waals surface area contributed by atoms with E-state index in [2.05, 4.69) is 43.8 Å². The molecule has 14 heteroatoms. The molecular weight excluding hydrogens is 597 g/mol. The lowest BCUT2D eigenvalue weighted by Gasteiger charge is -2.37. The molecular formula is C26H33Cl2N3O7SSi. The molecule has 1 unspecified atom stereocenters. The van der Waals surface area contributed by atoms with Crippen LogP contribution in [0, 0.1) is 0 Å². The van der Waals surface area contributed by atoms with Gasteiger partial charge in [-0.3, -0.25) is 0 Å². The van der Waals surface area contributed by atoms with Crippen LogP contribution < -0.4 is 0 Å². The van der Waals surface area contributed by atoms with Crippen molar-refractivity contribution < 1.29 is 32.2 Å². The summed E-state index contributed by atoms with van der Waals surface area (Å²) in [5.41, 5.74) is -0.0537. The van der Waals surface area contributed by atoms with Crippen LogP contribution in [0.1, 0.15) is 40.2 Å². The number of hydrogen-bond donors (Lipinski definition) is 1. The summed E-state index contributed by atoms with van der Waals surface area (Å²) in [5.74, 6) is -3.24. The number of aromatic nitrogens is 3. The quantitative estimate of drug-likeness (QED) is 0.226. The molecule has 2 aliphatic heterocycles. The van der Waals surface area contributed by atoms with Gasteiger partial charge in [-0.25, -0.2) is 22.4 Å². The summed E-state index contributed by atoms with van der Waals surface area (Å²) in [6.45, 7) is 14.2. The second-order valence-corrected chi connectivity index (χ2v) is 19.4. The third-order valence-electron chi connectivity index (χ3n) is 7.85. The van der Waals surface area contributed by atoms with Crippen LogP contribution >= 0.6 is 23.2 Å². The molecule has 2 saturated heterocycles. The molecule has 40 heavy (non-hydrogen) atoms. The standard InChI is InChI=1S/C26H33Cl2N3O7SSi/c1-24(2,3)40(6,7)35-14-17-20-21(38-25(4,5)37-20)26(32,36-17)16-13-31(19-18(16)29-23(28)30-22(19)27)39(33,34)15-11-9-8-10-12-15/h8-13,17,20-21,32H,14H2,1-7H3/t17-,20-,21-,26?/m1/s1. The van der Waals surface area contributed by atoms with E-state index in [1.807, 2.05) is 0 Å². The molecule has 5 rings (SSSR count). The Morgan fingerprint density at radius 1 is 1.10 bits per heavy atom. The average molecular weight is 631 g/mol. The summed E-state index contributed by atoms with van der Waals surface area (Å²) in [4.78, 5) is 8.23. The summed E-state index contributed by atoms with van der Waals surface area (Å²) in [7, 11) is -6.38. The first-order valence-corrected chi connectivity index (χ1v) is 17.9. The highest BCUT2D eigenvalue weighted by molar-refractivity contribution is 7.90. The van der Waals surface area contributed by atoms with Crippen molar-refractivity contribution in [2.45, 2.75) is 87.5 Å². The Morgan fingerprint density at radius 2 is 1.75 bits per heavy atom. The summed E-state index contributed by atoms with van der Waals surface area (Å²) >= 11 is 12.6. The van der Waals surface area contributed by atoms with E-state index in [0.29, 0.717) is 0 Å². The summed E-state index contributed by atoms with van der Waals surface area (Å²) in [5, 5.41) is 11.7. The summed E-state index contributed by atoms with van der Waals surface area (Å²) < 4.78 is 53.4. The number of aliphatic hydroxyl groups is 1. The van der Waals surface area contributed by atoms with E-state index in [0.717, 1.165) is 3.97 Å². The third-order valence-corrected chi connectivity index (χ3v) is 14.5. The van der Waals surface area contributed by atoms with Gasteiger partial charge < -0.3 is 23.7 Å². The van der Waals surface area contributed by atoms with Gasteiger partial charge in [-0.2, -0.15) is 0 Å². The Balaban J connectivity index is 1.65. The minimum Gasteiger partial charge on any atom is -0.414 e. The second kappa shape index (κ2) is 9.71. The van der Waals surface area contributed by atoms with E-state index in [9.17, 15) is 13.5 Å². The molecule has 10 nitrogen and oxygen atoms in total. The van der Waals surface area contributed by atoms with E-state index in [4.69, 9.17) is 41.8 Å². The fraction of sp³-hybridized carbons (Fsp3) is 0.538. The van der Waals surface area contributed by atoms with Crippen molar-refractivity contribution in [2.24, 2.45) is 0 Å². The Kier molecular flexibility index (Phi) is 7.25. The number of hydrogen-bond acceptors (Lipinski definition) is 9. The van der Waals surface area contributed by atoms with E-state index < -0.39 is 48.2 Å². The Hall–Kier alpha value is -1.61. The molecule has 2 aliphatic rings. The largest absolute Gasteiger partial charge is 0.414 e. The van der Waals surface area contributed by atoms with Crippen LogP contribution in [-0.2, 0) is 34.4 Å². The van der Waals surface area contributed by atoms with Crippen LogP contribution in [0.25, 0.3) is 11.0 Å². The zero-order valence-corrected chi connectivity index (χ0v) is 26.6. The Labute approximate surface area is 244 Å². The number of benzene rings is 1. The fourth-order valence-corrected chi connectivity index (χ4v) is 7.69. The zero-order valence-electron chi connectivity index (χ0n) is 23.3. The van der Waals surface area contributed by atoms with E-state index in [-0.39, 0.29) is 43.6 Å². The number of nitrogens with zero attached hydrogens (tertiary/aromatic N) is 3. The van der Waals surface area contributed by atoms with Crippen LogP contribution in [0.3, 0.4) is 0 Å². The van der Waals surface area contributed by atoms with Crippen molar-refractivity contribution in [3.05, 3.63) is 52.5 Å². The van der Waals surface area contributed by atoms with Crippen LogP contribution in [0.4, 0.5) is 0 Å². The van der Waals surface area contributed by atoms with Gasteiger partial charge in [0.1, 0.15) is 29.3 Å². The molecule has 2 aromatic heterocycles. The smallest absolute Gasteiger partial charge is 0.268 e. The van der Waals surface area contributed by atoms with Gasteiger partial charge in [0.2, 0.25) is 11.1 Å². The number of halogens is 2. The summed E-state index contributed by atoms with van der Waals surface area (Å²) in [6, 6.07) is 7.81. The minimum atomic E-state index is -4.19. The maximum atomic E-state index is 13.7. The first-order chi connectivity index (χ1) is 18.4. The molecule has 2 fully saturated rings. The molecule has 218 valence electrons. The van der Waals surface area contributed by atoms with Crippen molar-refractivity contribution in [3.63, 3.8) is 0 Å². The monoisotopic (exact) mass is 629 g/mol. The molecule has 0 aliphatic carbocycles. The molecule has 4 heterocycles. The van der Waals surface area contributed by atoms with Gasteiger partial charge in [-0.1, -0.05) is 50.6 Å². The van der Waals surface area contributed by atoms with Crippen molar-refractivity contribution >= 4 is 52.6 Å². The molecule has 3 aromatic rings.